The molecule has 0 aromatic heterocycles. The van der Waals surface area contributed by atoms with Crippen molar-refractivity contribution in [2.45, 2.75) is 26.3 Å². The highest BCUT2D eigenvalue weighted by molar-refractivity contribution is 5.92. The maximum atomic E-state index is 12.3. The van der Waals surface area contributed by atoms with E-state index in [-0.39, 0.29) is 6.03 Å². The lowest BCUT2D eigenvalue weighted by molar-refractivity contribution is 0.161. The summed E-state index contributed by atoms with van der Waals surface area (Å²) in [5.74, 6) is 0.516. The number of hydrogen-bond donors (Lipinski definition) is 0. The highest BCUT2D eigenvalue weighted by Crippen LogP contribution is 2.25. The third kappa shape index (κ3) is 2.28. The average molecular weight is 232 g/mol. The summed E-state index contributed by atoms with van der Waals surface area (Å²) in [7, 11) is 1.90. The number of hydrogen-bond acceptors (Lipinski definition) is 1. The third-order valence-electron chi connectivity index (χ3n) is 3.52. The Balaban J connectivity index is 2.17. The Morgan fingerprint density at radius 2 is 1.88 bits per heavy atom. The van der Waals surface area contributed by atoms with Gasteiger partial charge in [0.2, 0.25) is 0 Å². The van der Waals surface area contributed by atoms with Gasteiger partial charge in [-0.1, -0.05) is 32.0 Å². The van der Waals surface area contributed by atoms with Crippen molar-refractivity contribution in [3.8, 4) is 0 Å². The van der Waals surface area contributed by atoms with Crippen LogP contribution in [0.25, 0.3) is 0 Å². The van der Waals surface area contributed by atoms with Crippen molar-refractivity contribution in [2.75, 3.05) is 18.5 Å². The van der Waals surface area contributed by atoms with Crippen LogP contribution in [0.3, 0.4) is 0 Å². The van der Waals surface area contributed by atoms with Gasteiger partial charge in [-0.3, -0.25) is 4.90 Å². The fraction of sp³-hybridized carbons (Fsp3) is 0.500. The fourth-order valence-electron chi connectivity index (χ4n) is 2.51. The van der Waals surface area contributed by atoms with E-state index in [9.17, 15) is 4.79 Å². The number of anilines is 1. The molecule has 1 aliphatic heterocycles. The molecule has 0 bridgehead atoms. The number of amides is 2. The van der Waals surface area contributed by atoms with Gasteiger partial charge in [-0.15, -0.1) is 0 Å². The summed E-state index contributed by atoms with van der Waals surface area (Å²) in [4.78, 5) is 16.0. The van der Waals surface area contributed by atoms with Crippen LogP contribution in [0.15, 0.2) is 30.3 Å². The Hall–Kier alpha value is -1.51. The Labute approximate surface area is 103 Å². The van der Waals surface area contributed by atoms with Gasteiger partial charge in [0.15, 0.2) is 0 Å². The zero-order valence-electron chi connectivity index (χ0n) is 10.8. The van der Waals surface area contributed by atoms with Gasteiger partial charge in [0.25, 0.3) is 0 Å². The van der Waals surface area contributed by atoms with Crippen LogP contribution < -0.4 is 4.90 Å². The molecule has 0 radical (unpaired) electrons. The van der Waals surface area contributed by atoms with Crippen LogP contribution in [0.4, 0.5) is 10.5 Å². The Bertz CT molecular complexity index is 388. The molecule has 0 unspecified atom stereocenters. The van der Waals surface area contributed by atoms with E-state index in [1.165, 1.54) is 0 Å². The normalized spacial score (nSPS) is 21.2. The smallest absolute Gasteiger partial charge is 0.324 e. The van der Waals surface area contributed by atoms with Gasteiger partial charge in [0.1, 0.15) is 0 Å². The lowest BCUT2D eigenvalue weighted by Crippen LogP contribution is -2.54. The fourth-order valence-corrected chi connectivity index (χ4v) is 2.51. The summed E-state index contributed by atoms with van der Waals surface area (Å²) >= 11 is 0. The van der Waals surface area contributed by atoms with Crippen molar-refractivity contribution in [1.82, 2.24) is 4.90 Å². The second kappa shape index (κ2) is 4.78. The molecule has 1 heterocycles. The molecule has 1 aliphatic rings. The second-order valence-corrected chi connectivity index (χ2v) is 4.98. The van der Waals surface area contributed by atoms with E-state index in [0.29, 0.717) is 12.0 Å². The van der Waals surface area contributed by atoms with E-state index in [2.05, 4.69) is 13.8 Å². The van der Waals surface area contributed by atoms with Gasteiger partial charge in [-0.25, -0.2) is 4.79 Å². The number of carbonyl (C=O) groups excluding carboxylic acids is 1. The van der Waals surface area contributed by atoms with Crippen LogP contribution in [0.2, 0.25) is 0 Å². The molecule has 92 valence electrons. The third-order valence-corrected chi connectivity index (χ3v) is 3.52. The summed E-state index contributed by atoms with van der Waals surface area (Å²) in [5.41, 5.74) is 0.992. The number of urea groups is 1. The molecule has 3 nitrogen and oxygen atoms in total. The monoisotopic (exact) mass is 232 g/mol. The van der Waals surface area contributed by atoms with Gasteiger partial charge < -0.3 is 4.90 Å². The first-order valence-corrected chi connectivity index (χ1v) is 6.20. The Morgan fingerprint density at radius 3 is 2.47 bits per heavy atom. The first kappa shape index (κ1) is 12.0. The molecule has 0 spiro atoms. The SMILES string of the molecule is CC(C)[C@@H]1CCN(c2ccccc2)C(=O)N1C. The summed E-state index contributed by atoms with van der Waals surface area (Å²) in [6.07, 6.45) is 1.04. The minimum absolute atomic E-state index is 0.112. The van der Waals surface area contributed by atoms with Crippen molar-refractivity contribution in [2.24, 2.45) is 5.92 Å². The van der Waals surface area contributed by atoms with Gasteiger partial charge in [-0.05, 0) is 24.5 Å². The van der Waals surface area contributed by atoms with Crippen LogP contribution >= 0.6 is 0 Å². The maximum Gasteiger partial charge on any atom is 0.324 e. The molecule has 2 rings (SSSR count). The van der Waals surface area contributed by atoms with Gasteiger partial charge in [-0.2, -0.15) is 0 Å². The van der Waals surface area contributed by atoms with Crippen molar-refractivity contribution in [1.29, 1.82) is 0 Å². The minimum Gasteiger partial charge on any atom is -0.324 e. The number of carbonyl (C=O) groups is 1. The molecular weight excluding hydrogens is 212 g/mol. The lowest BCUT2D eigenvalue weighted by Gasteiger charge is -2.41. The Kier molecular flexibility index (Phi) is 3.36. The van der Waals surface area contributed by atoms with E-state index in [1.54, 1.807) is 0 Å². The number of para-hydroxylation sites is 1. The minimum atomic E-state index is 0.112. The molecular formula is C14H20N2O. The summed E-state index contributed by atoms with van der Waals surface area (Å²) < 4.78 is 0. The molecule has 0 N–H and O–H groups in total. The molecule has 1 atom stereocenters. The van der Waals surface area contributed by atoms with Crippen molar-refractivity contribution in [3.05, 3.63) is 30.3 Å². The molecule has 0 saturated carbocycles. The quantitative estimate of drug-likeness (QED) is 0.769. The molecule has 1 aromatic carbocycles. The highest BCUT2D eigenvalue weighted by Gasteiger charge is 2.32. The maximum absolute atomic E-state index is 12.3. The molecule has 17 heavy (non-hydrogen) atoms. The molecule has 0 aliphatic carbocycles. The highest BCUT2D eigenvalue weighted by atomic mass is 16.2. The first-order valence-electron chi connectivity index (χ1n) is 6.20. The van der Waals surface area contributed by atoms with Gasteiger partial charge in [0.05, 0.1) is 0 Å². The second-order valence-electron chi connectivity index (χ2n) is 4.98. The molecule has 3 heteroatoms. The average Bonchev–Trinajstić information content (AvgIpc) is 2.33. The predicted octanol–water partition coefficient (Wildman–Crippen LogP) is 2.97. The standard InChI is InChI=1S/C14H20N2O/c1-11(2)13-9-10-16(14(17)15(13)3)12-7-5-4-6-8-12/h4-8,11,13H,9-10H2,1-3H3/t13-/m0/s1. The summed E-state index contributed by atoms with van der Waals surface area (Å²) in [6.45, 7) is 5.16. The molecule has 1 aromatic rings. The van der Waals surface area contributed by atoms with Crippen LogP contribution in [0, 0.1) is 5.92 Å². The van der Waals surface area contributed by atoms with Crippen LogP contribution in [0.1, 0.15) is 20.3 Å². The van der Waals surface area contributed by atoms with E-state index in [0.717, 1.165) is 18.7 Å². The number of rotatable bonds is 2. The van der Waals surface area contributed by atoms with Crippen LogP contribution in [-0.4, -0.2) is 30.6 Å². The van der Waals surface area contributed by atoms with Crippen molar-refractivity contribution in [3.63, 3.8) is 0 Å². The summed E-state index contributed by atoms with van der Waals surface area (Å²) in [5, 5.41) is 0. The van der Waals surface area contributed by atoms with Crippen molar-refractivity contribution < 1.29 is 4.79 Å². The number of nitrogens with zero attached hydrogens (tertiary/aromatic N) is 2. The first-order chi connectivity index (χ1) is 8.11. The van der Waals surface area contributed by atoms with Crippen LogP contribution in [-0.2, 0) is 0 Å². The number of benzene rings is 1. The zero-order chi connectivity index (χ0) is 12.4. The van der Waals surface area contributed by atoms with Crippen LogP contribution in [0.5, 0.6) is 0 Å². The largest absolute Gasteiger partial charge is 0.324 e. The van der Waals surface area contributed by atoms with Gasteiger partial charge in [0, 0.05) is 25.3 Å². The van der Waals surface area contributed by atoms with Crippen molar-refractivity contribution >= 4 is 11.7 Å². The van der Waals surface area contributed by atoms with E-state index in [4.69, 9.17) is 0 Å². The Morgan fingerprint density at radius 1 is 1.24 bits per heavy atom. The zero-order valence-corrected chi connectivity index (χ0v) is 10.8. The van der Waals surface area contributed by atoms with Gasteiger partial charge >= 0.3 is 6.03 Å². The molecule has 1 fully saturated rings. The molecule has 1 saturated heterocycles. The van der Waals surface area contributed by atoms with E-state index >= 15 is 0 Å². The van der Waals surface area contributed by atoms with E-state index < -0.39 is 0 Å². The van der Waals surface area contributed by atoms with E-state index in [1.807, 2.05) is 47.2 Å². The lowest BCUT2D eigenvalue weighted by atomic mass is 9.97. The predicted molar refractivity (Wildman–Crippen MR) is 70.2 cm³/mol. The topological polar surface area (TPSA) is 23.6 Å². The summed E-state index contributed by atoms with van der Waals surface area (Å²) in [6, 6.07) is 10.4. The molecule has 2 amide bonds.